The number of nitrogens with two attached hydrogens (primary N) is 1. The van der Waals surface area contributed by atoms with Crippen molar-refractivity contribution in [2.45, 2.75) is 38.4 Å². The van der Waals surface area contributed by atoms with Gasteiger partial charge >= 0.3 is 0 Å². The molecular weight excluding hydrogens is 269 g/mol. The first-order chi connectivity index (χ1) is 10.1. The fourth-order valence-electron chi connectivity index (χ4n) is 2.76. The van der Waals surface area contributed by atoms with Crippen LogP contribution in [0.3, 0.4) is 0 Å². The van der Waals surface area contributed by atoms with Gasteiger partial charge in [-0.05, 0) is 32.4 Å². The van der Waals surface area contributed by atoms with Crippen LogP contribution < -0.4 is 5.73 Å². The second-order valence-electron chi connectivity index (χ2n) is 5.43. The van der Waals surface area contributed by atoms with Crippen LogP contribution >= 0.6 is 0 Å². The van der Waals surface area contributed by atoms with Crippen molar-refractivity contribution in [3.8, 4) is 0 Å². The van der Waals surface area contributed by atoms with E-state index in [4.69, 9.17) is 10.5 Å². The number of para-hydroxylation sites is 1. The Labute approximate surface area is 125 Å². The van der Waals surface area contributed by atoms with E-state index < -0.39 is 5.67 Å². The van der Waals surface area contributed by atoms with E-state index in [0.717, 1.165) is 23.1 Å². The zero-order valence-electron chi connectivity index (χ0n) is 12.8. The van der Waals surface area contributed by atoms with Gasteiger partial charge in [0.15, 0.2) is 0 Å². The van der Waals surface area contributed by atoms with Crippen LogP contribution in [0.1, 0.15) is 25.5 Å². The Morgan fingerprint density at radius 3 is 2.81 bits per heavy atom. The highest BCUT2D eigenvalue weighted by Crippen LogP contribution is 2.28. The maximum Gasteiger partial charge on any atom is 0.139 e. The molecule has 0 spiro atoms. The predicted octanol–water partition coefficient (Wildman–Crippen LogP) is 2.69. The molecule has 1 unspecified atom stereocenters. The van der Waals surface area contributed by atoms with Crippen LogP contribution in [0.2, 0.25) is 0 Å². The number of aromatic nitrogens is 2. The molecule has 1 heterocycles. The summed E-state index contributed by atoms with van der Waals surface area (Å²) >= 11 is 0. The highest BCUT2D eigenvalue weighted by Gasteiger charge is 2.31. The Hall–Kier alpha value is -1.46. The average Bonchev–Trinajstić information content (AvgIpc) is 2.83. The van der Waals surface area contributed by atoms with E-state index in [1.54, 1.807) is 0 Å². The molecule has 0 aliphatic rings. The van der Waals surface area contributed by atoms with Gasteiger partial charge in [-0.1, -0.05) is 18.2 Å². The third-order valence-corrected chi connectivity index (χ3v) is 3.75. The standard InChI is InChI=1S/C16H24FN3O/c1-3-20-15-8-5-4-7-13(15)14(19-20)11-16(17,12-21-2)9-6-10-18/h4-5,7-8H,3,6,9-12,18H2,1-2H3. The van der Waals surface area contributed by atoms with Crippen molar-refractivity contribution in [3.05, 3.63) is 30.0 Å². The molecule has 0 aliphatic heterocycles. The van der Waals surface area contributed by atoms with Crippen molar-refractivity contribution in [2.75, 3.05) is 20.3 Å². The highest BCUT2D eigenvalue weighted by molar-refractivity contribution is 5.82. The maximum atomic E-state index is 15.1. The zero-order chi connectivity index (χ0) is 15.3. The van der Waals surface area contributed by atoms with Crippen LogP contribution in [0.25, 0.3) is 10.9 Å². The molecule has 1 atom stereocenters. The average molecular weight is 293 g/mol. The Morgan fingerprint density at radius 1 is 1.38 bits per heavy atom. The first-order valence-electron chi connectivity index (χ1n) is 7.46. The molecule has 0 radical (unpaired) electrons. The molecular formula is C16H24FN3O. The fraction of sp³-hybridized carbons (Fsp3) is 0.562. The number of alkyl halides is 1. The smallest absolute Gasteiger partial charge is 0.139 e. The summed E-state index contributed by atoms with van der Waals surface area (Å²) in [6, 6.07) is 7.96. The van der Waals surface area contributed by atoms with Gasteiger partial charge in [-0.3, -0.25) is 4.68 Å². The summed E-state index contributed by atoms with van der Waals surface area (Å²) in [5, 5.41) is 5.59. The van der Waals surface area contributed by atoms with Crippen molar-refractivity contribution in [2.24, 2.45) is 5.73 Å². The second-order valence-corrected chi connectivity index (χ2v) is 5.43. The van der Waals surface area contributed by atoms with E-state index in [9.17, 15) is 0 Å². The van der Waals surface area contributed by atoms with Gasteiger partial charge in [-0.2, -0.15) is 5.10 Å². The van der Waals surface area contributed by atoms with Gasteiger partial charge in [-0.25, -0.2) is 4.39 Å². The van der Waals surface area contributed by atoms with Crippen LogP contribution in [0.5, 0.6) is 0 Å². The van der Waals surface area contributed by atoms with Crippen LogP contribution in [0, 0.1) is 0 Å². The first-order valence-corrected chi connectivity index (χ1v) is 7.46. The van der Waals surface area contributed by atoms with Crippen molar-refractivity contribution in [1.29, 1.82) is 0 Å². The van der Waals surface area contributed by atoms with E-state index in [0.29, 0.717) is 19.4 Å². The predicted molar refractivity (Wildman–Crippen MR) is 83.1 cm³/mol. The highest BCUT2D eigenvalue weighted by atomic mass is 19.1. The molecule has 0 saturated heterocycles. The molecule has 21 heavy (non-hydrogen) atoms. The van der Waals surface area contributed by atoms with E-state index >= 15 is 4.39 Å². The lowest BCUT2D eigenvalue weighted by Crippen LogP contribution is -2.32. The molecule has 2 aromatic rings. The van der Waals surface area contributed by atoms with E-state index in [1.807, 2.05) is 35.9 Å². The quantitative estimate of drug-likeness (QED) is 0.814. The van der Waals surface area contributed by atoms with Gasteiger partial charge in [0.25, 0.3) is 0 Å². The number of benzene rings is 1. The molecule has 2 N–H and O–H groups in total. The van der Waals surface area contributed by atoms with Crippen LogP contribution in [-0.2, 0) is 17.7 Å². The number of rotatable bonds is 8. The summed E-state index contributed by atoms with van der Waals surface area (Å²) in [5.41, 5.74) is 5.95. The Bertz CT molecular complexity index is 584. The molecule has 0 fully saturated rings. The normalized spacial score (nSPS) is 14.5. The van der Waals surface area contributed by atoms with E-state index in [2.05, 4.69) is 5.10 Å². The van der Waals surface area contributed by atoms with Gasteiger partial charge in [0.05, 0.1) is 17.8 Å². The van der Waals surface area contributed by atoms with Crippen molar-refractivity contribution in [3.63, 3.8) is 0 Å². The van der Waals surface area contributed by atoms with Crippen LogP contribution in [0.15, 0.2) is 24.3 Å². The van der Waals surface area contributed by atoms with Gasteiger partial charge < -0.3 is 10.5 Å². The number of hydrogen-bond acceptors (Lipinski definition) is 3. The van der Waals surface area contributed by atoms with Gasteiger partial charge in [0.1, 0.15) is 5.67 Å². The number of hydrogen-bond donors (Lipinski definition) is 1. The summed E-state index contributed by atoms with van der Waals surface area (Å²) in [6.45, 7) is 3.36. The van der Waals surface area contributed by atoms with Gasteiger partial charge in [0, 0.05) is 25.5 Å². The third-order valence-electron chi connectivity index (χ3n) is 3.75. The minimum atomic E-state index is -1.41. The molecule has 1 aromatic heterocycles. The fourth-order valence-corrected chi connectivity index (χ4v) is 2.76. The van der Waals surface area contributed by atoms with Gasteiger partial charge in [0.2, 0.25) is 0 Å². The minimum absolute atomic E-state index is 0.0698. The number of halogens is 1. The second kappa shape index (κ2) is 7.00. The number of ether oxygens (including phenoxy) is 1. The molecule has 4 nitrogen and oxygen atoms in total. The van der Waals surface area contributed by atoms with Crippen LogP contribution in [0.4, 0.5) is 4.39 Å². The van der Waals surface area contributed by atoms with E-state index in [-0.39, 0.29) is 13.0 Å². The lowest BCUT2D eigenvalue weighted by atomic mass is 9.93. The largest absolute Gasteiger partial charge is 0.381 e. The number of methoxy groups -OCH3 is 1. The molecule has 0 amide bonds. The molecule has 2 rings (SSSR count). The summed E-state index contributed by atoms with van der Waals surface area (Å²) in [4.78, 5) is 0. The lowest BCUT2D eigenvalue weighted by Gasteiger charge is -2.23. The molecule has 5 heteroatoms. The van der Waals surface area contributed by atoms with Crippen LogP contribution in [-0.4, -0.2) is 35.7 Å². The topological polar surface area (TPSA) is 53.1 Å². The maximum absolute atomic E-state index is 15.1. The lowest BCUT2D eigenvalue weighted by molar-refractivity contribution is 0.0328. The number of nitrogens with zero attached hydrogens (tertiary/aromatic N) is 2. The number of aryl methyl sites for hydroxylation is 1. The van der Waals surface area contributed by atoms with Crippen molar-refractivity contribution < 1.29 is 9.13 Å². The van der Waals surface area contributed by atoms with E-state index in [1.165, 1.54) is 7.11 Å². The Morgan fingerprint density at radius 2 is 2.14 bits per heavy atom. The Kier molecular flexibility index (Phi) is 5.31. The summed E-state index contributed by atoms with van der Waals surface area (Å²) < 4.78 is 22.1. The van der Waals surface area contributed by atoms with Crippen molar-refractivity contribution >= 4 is 10.9 Å². The first kappa shape index (κ1) is 15.9. The molecule has 116 valence electrons. The van der Waals surface area contributed by atoms with Crippen molar-refractivity contribution in [1.82, 2.24) is 9.78 Å². The summed E-state index contributed by atoms with van der Waals surface area (Å²) in [6.07, 6.45) is 1.30. The molecule has 0 bridgehead atoms. The monoisotopic (exact) mass is 293 g/mol. The minimum Gasteiger partial charge on any atom is -0.381 e. The zero-order valence-corrected chi connectivity index (χ0v) is 12.8. The summed E-state index contributed by atoms with van der Waals surface area (Å²) in [7, 11) is 1.53. The molecule has 0 saturated carbocycles. The SMILES string of the molecule is CCn1nc(CC(F)(CCCN)COC)c2ccccc21. The molecule has 1 aromatic carbocycles. The summed E-state index contributed by atoms with van der Waals surface area (Å²) in [5.74, 6) is 0. The number of fused-ring (bicyclic) bond motifs is 1. The molecule has 0 aliphatic carbocycles. The third kappa shape index (κ3) is 3.60. The van der Waals surface area contributed by atoms with Gasteiger partial charge in [-0.15, -0.1) is 0 Å². The Balaban J connectivity index is 2.32.